The molecule has 0 aromatic heterocycles. The molecule has 0 saturated heterocycles. The molecule has 2 aromatic rings. The van der Waals surface area contributed by atoms with E-state index in [1.807, 2.05) is 0 Å². The van der Waals surface area contributed by atoms with Crippen molar-refractivity contribution in [3.05, 3.63) is 103 Å². The van der Waals surface area contributed by atoms with E-state index in [4.69, 9.17) is 0 Å². The van der Waals surface area contributed by atoms with Gasteiger partial charge in [0.25, 0.3) is 0 Å². The molecule has 2 aliphatic rings. The quantitative estimate of drug-likeness (QED) is 0.0395. The van der Waals surface area contributed by atoms with Crippen LogP contribution >= 0.6 is 0 Å². The Kier molecular flexibility index (Phi) is 28.0. The molecule has 0 saturated carbocycles. The Balaban J connectivity index is 1.39. The van der Waals surface area contributed by atoms with Crippen LogP contribution in [0.3, 0.4) is 0 Å². The summed E-state index contributed by atoms with van der Waals surface area (Å²) < 4.78 is 126. The van der Waals surface area contributed by atoms with E-state index in [0.717, 1.165) is 63.5 Å². The summed E-state index contributed by atoms with van der Waals surface area (Å²) in [7, 11) is -7.65. The normalized spacial score (nSPS) is 14.1. The fourth-order valence-corrected chi connectivity index (χ4v) is 20.6. The molecule has 2 aromatic carbocycles. The summed E-state index contributed by atoms with van der Waals surface area (Å²) in [5.74, 6) is -4.28. The van der Waals surface area contributed by atoms with Crippen LogP contribution < -0.4 is 17.2 Å². The van der Waals surface area contributed by atoms with Gasteiger partial charge < -0.3 is 0 Å². The molecule has 0 amide bonds. The molecule has 0 spiro atoms. The maximum atomic E-state index is 17.3. The SMILES string of the molecule is CCCCCCCCCCCCCCCCS(=O)(=O)NCc1ccc(F)[c]([Ti]([C]2=CC=CC2)([C]2=CC=CC2)[c]2c(F)ccc(CNS(=O)(=O)CCCCCCCCCCCCCCCC)c2F)c1F. The number of allylic oxidation sites excluding steroid dienone is 8. The topological polar surface area (TPSA) is 92.3 Å². The first-order valence-corrected chi connectivity index (χ1v) is 33.4. The van der Waals surface area contributed by atoms with Crippen LogP contribution in [-0.4, -0.2) is 28.3 Å². The van der Waals surface area contributed by atoms with Crippen LogP contribution in [0.4, 0.5) is 17.6 Å². The van der Waals surface area contributed by atoms with Crippen LogP contribution in [0.25, 0.3) is 0 Å². The molecule has 13 heteroatoms. The van der Waals surface area contributed by atoms with E-state index in [9.17, 15) is 16.8 Å². The zero-order valence-corrected chi connectivity index (χ0v) is 45.5. The Labute approximate surface area is 419 Å². The van der Waals surface area contributed by atoms with E-state index >= 15 is 17.6 Å². The van der Waals surface area contributed by atoms with Crippen LogP contribution in [0.2, 0.25) is 0 Å². The van der Waals surface area contributed by atoms with Crippen molar-refractivity contribution < 1.29 is 51.0 Å². The summed E-state index contributed by atoms with van der Waals surface area (Å²) in [6.45, 7) is 3.54. The summed E-state index contributed by atoms with van der Waals surface area (Å²) in [6, 6.07) is 4.50. The number of halogens is 4. The molecular weight excluding hydrogens is 953 g/mol. The van der Waals surface area contributed by atoms with Gasteiger partial charge in [0.15, 0.2) is 0 Å². The fraction of sp³-hybridized carbons (Fsp3) is 0.643. The molecule has 4 rings (SSSR count). The van der Waals surface area contributed by atoms with Crippen molar-refractivity contribution in [2.45, 2.75) is 220 Å². The molecular formula is C56H86F4N2O4S2Ti. The van der Waals surface area contributed by atoms with Crippen LogP contribution in [0, 0.1) is 23.3 Å². The molecule has 0 radical (unpaired) electrons. The van der Waals surface area contributed by atoms with E-state index in [0.29, 0.717) is 20.6 Å². The maximum absolute atomic E-state index is 17.3. The van der Waals surface area contributed by atoms with Gasteiger partial charge in [0.1, 0.15) is 0 Å². The van der Waals surface area contributed by atoms with Gasteiger partial charge in [0.05, 0.1) is 0 Å². The average molecular weight is 1040 g/mol. The average Bonchev–Trinajstić information content (AvgIpc) is 4.08. The second-order valence-electron chi connectivity index (χ2n) is 19.7. The molecule has 2 N–H and O–H groups in total. The van der Waals surface area contributed by atoms with Gasteiger partial charge in [0, 0.05) is 0 Å². The molecule has 0 heterocycles. The van der Waals surface area contributed by atoms with Crippen LogP contribution in [0.1, 0.15) is 218 Å². The van der Waals surface area contributed by atoms with Crippen molar-refractivity contribution in [2.24, 2.45) is 0 Å². The second-order valence-corrected chi connectivity index (χ2v) is 29.4. The minimum absolute atomic E-state index is 0.128. The summed E-state index contributed by atoms with van der Waals surface area (Å²) in [5, 5.41) is 0. The van der Waals surface area contributed by atoms with Gasteiger partial charge in [0.2, 0.25) is 0 Å². The number of hydrogen-bond donors (Lipinski definition) is 2. The minimum atomic E-state index is -5.24. The first kappa shape index (κ1) is 59.2. The van der Waals surface area contributed by atoms with Gasteiger partial charge in [-0.2, -0.15) is 0 Å². The number of hydrogen-bond acceptors (Lipinski definition) is 4. The Bertz CT molecular complexity index is 2040. The summed E-state index contributed by atoms with van der Waals surface area (Å²) >= 11 is -5.24. The van der Waals surface area contributed by atoms with Gasteiger partial charge in [-0.15, -0.1) is 0 Å². The summed E-state index contributed by atoms with van der Waals surface area (Å²) in [4.78, 5) is 0. The zero-order valence-electron chi connectivity index (χ0n) is 42.3. The van der Waals surface area contributed by atoms with Crippen molar-refractivity contribution >= 4 is 27.8 Å². The second kappa shape index (κ2) is 32.7. The zero-order chi connectivity index (χ0) is 49.8. The summed E-state index contributed by atoms with van der Waals surface area (Å²) in [6.07, 6.45) is 42.6. The Morgan fingerprint density at radius 1 is 0.435 bits per heavy atom. The number of nitrogens with one attached hydrogen (secondary N) is 2. The number of sulfonamides is 2. The van der Waals surface area contributed by atoms with Crippen molar-refractivity contribution in [1.82, 2.24) is 9.44 Å². The van der Waals surface area contributed by atoms with Gasteiger partial charge in [-0.1, -0.05) is 129 Å². The van der Waals surface area contributed by atoms with Crippen molar-refractivity contribution in [1.29, 1.82) is 0 Å². The number of unbranched alkanes of at least 4 members (excludes halogenated alkanes) is 26. The molecule has 6 nitrogen and oxygen atoms in total. The molecule has 69 heavy (non-hydrogen) atoms. The van der Waals surface area contributed by atoms with Crippen molar-refractivity contribution in [3.8, 4) is 0 Å². The monoisotopic (exact) mass is 1040 g/mol. The predicted molar refractivity (Wildman–Crippen MR) is 278 cm³/mol. The molecule has 2 aliphatic carbocycles. The van der Waals surface area contributed by atoms with Crippen LogP contribution in [0.15, 0.2) is 68.5 Å². The number of benzene rings is 2. The fourth-order valence-electron chi connectivity index (χ4n) is 10.1. The molecule has 0 bridgehead atoms. The van der Waals surface area contributed by atoms with Gasteiger partial charge in [-0.3, -0.25) is 0 Å². The van der Waals surface area contributed by atoms with E-state index in [1.165, 1.54) is 128 Å². The molecule has 0 atom stereocenters. The molecule has 0 fully saturated rings. The Morgan fingerprint density at radius 2 is 0.725 bits per heavy atom. The third kappa shape index (κ3) is 19.9. The van der Waals surface area contributed by atoms with Gasteiger partial charge in [-0.05, 0) is 0 Å². The van der Waals surface area contributed by atoms with Crippen molar-refractivity contribution in [3.63, 3.8) is 0 Å². The third-order valence-electron chi connectivity index (χ3n) is 14.1. The van der Waals surface area contributed by atoms with Crippen LogP contribution in [-0.2, 0) is 49.7 Å². The molecule has 388 valence electrons. The van der Waals surface area contributed by atoms with Crippen LogP contribution in [0.5, 0.6) is 0 Å². The Hall–Kier alpha value is -2.35. The van der Waals surface area contributed by atoms with E-state index in [1.54, 1.807) is 36.5 Å². The standard InChI is InChI=1S/2C23H38F2NO2S.2C5H5.Ti/c2*1-2-3-4-5-6-7-8-9-10-11-12-13-14-15-18-29(27,28)26-20-21-16-17-22(24)19-23(21)25;2*1-2-4-5-3-1;/h2*16-17,26H,2-15,18,20H2,1H3;2*1-3H,4H2;. The third-order valence-corrected chi connectivity index (χ3v) is 24.9. The first-order valence-electron chi connectivity index (χ1n) is 27.0. The van der Waals surface area contributed by atoms with E-state index in [-0.39, 0.29) is 35.5 Å². The van der Waals surface area contributed by atoms with E-state index in [2.05, 4.69) is 23.3 Å². The predicted octanol–water partition coefficient (Wildman–Crippen LogP) is 14.8. The first-order chi connectivity index (χ1) is 33.4. The number of rotatable bonds is 40. The van der Waals surface area contributed by atoms with Crippen molar-refractivity contribution in [2.75, 3.05) is 11.5 Å². The van der Waals surface area contributed by atoms with E-state index < -0.39 is 80.7 Å². The molecule has 0 unspecified atom stereocenters. The molecule has 0 aliphatic heterocycles. The summed E-state index contributed by atoms with van der Waals surface area (Å²) in [5.41, 5.74) is -0.255. The Morgan fingerprint density at radius 3 is 1.00 bits per heavy atom. The van der Waals surface area contributed by atoms with Gasteiger partial charge >= 0.3 is 293 Å². The van der Waals surface area contributed by atoms with Gasteiger partial charge in [-0.25, -0.2) is 0 Å².